The number of nitrogens with zero attached hydrogens (tertiary/aromatic N) is 1. The van der Waals surface area contributed by atoms with Crippen molar-refractivity contribution >= 4 is 12.0 Å². The van der Waals surface area contributed by atoms with Crippen molar-refractivity contribution in [1.29, 1.82) is 0 Å². The lowest BCUT2D eigenvalue weighted by Gasteiger charge is -2.01. The summed E-state index contributed by atoms with van der Waals surface area (Å²) in [6.07, 6.45) is 8.14. The number of ketones is 1. The number of carbonyl (C=O) groups is 1. The molecule has 2 nitrogen and oxygen atoms in total. The third kappa shape index (κ3) is 3.91. The summed E-state index contributed by atoms with van der Waals surface area (Å²) in [5.41, 5.74) is 0. The molecule has 1 heterocycles. The summed E-state index contributed by atoms with van der Waals surface area (Å²) >= 11 is 0. The van der Waals surface area contributed by atoms with Crippen LogP contribution >= 0.6 is 0 Å². The summed E-state index contributed by atoms with van der Waals surface area (Å²) in [6, 6.07) is 0. The van der Waals surface area contributed by atoms with Crippen LogP contribution in [0.4, 0.5) is 0 Å². The van der Waals surface area contributed by atoms with E-state index < -0.39 is 0 Å². The van der Waals surface area contributed by atoms with Gasteiger partial charge in [0.15, 0.2) is 5.78 Å². The Balaban J connectivity index is 2.32. The van der Waals surface area contributed by atoms with Crippen molar-refractivity contribution in [2.45, 2.75) is 38.5 Å². The molecular formula is C9H15NO. The Kier molecular flexibility index (Phi) is 3.87. The van der Waals surface area contributed by atoms with Crippen molar-refractivity contribution in [3.63, 3.8) is 0 Å². The van der Waals surface area contributed by atoms with Crippen LogP contribution in [-0.4, -0.2) is 18.5 Å². The molecule has 0 radical (unpaired) electrons. The monoisotopic (exact) mass is 153 g/mol. The van der Waals surface area contributed by atoms with E-state index in [-0.39, 0.29) is 5.78 Å². The Bertz CT molecular complexity index is 152. The number of Topliss-reactive ketones (excluding diaryl/α,β-unsaturated/α-hetero) is 1. The lowest BCUT2D eigenvalue weighted by Crippen LogP contribution is -2.01. The van der Waals surface area contributed by atoms with E-state index in [4.69, 9.17) is 0 Å². The molecule has 0 aromatic heterocycles. The summed E-state index contributed by atoms with van der Waals surface area (Å²) in [5, 5.41) is 0. The third-order valence-corrected chi connectivity index (χ3v) is 1.95. The van der Waals surface area contributed by atoms with E-state index in [0.29, 0.717) is 6.42 Å². The first-order valence-corrected chi connectivity index (χ1v) is 4.42. The lowest BCUT2D eigenvalue weighted by molar-refractivity contribution is -0.112. The maximum atomic E-state index is 11.0. The van der Waals surface area contributed by atoms with Crippen molar-refractivity contribution in [2.24, 2.45) is 4.99 Å². The van der Waals surface area contributed by atoms with Gasteiger partial charge in [-0.15, -0.1) is 0 Å². The third-order valence-electron chi connectivity index (χ3n) is 1.95. The van der Waals surface area contributed by atoms with E-state index in [1.165, 1.54) is 25.5 Å². The van der Waals surface area contributed by atoms with Crippen LogP contribution < -0.4 is 0 Å². The maximum Gasteiger partial charge on any atom is 0.173 e. The SMILES string of the molecule is O=C1C=NCCCCCCC1. The largest absolute Gasteiger partial charge is 0.293 e. The van der Waals surface area contributed by atoms with Crippen LogP contribution in [-0.2, 0) is 4.79 Å². The molecule has 0 saturated heterocycles. The van der Waals surface area contributed by atoms with E-state index in [1.807, 2.05) is 0 Å². The molecule has 0 saturated carbocycles. The topological polar surface area (TPSA) is 29.4 Å². The molecule has 2 heteroatoms. The highest BCUT2D eigenvalue weighted by Gasteiger charge is 1.99. The molecule has 0 atom stereocenters. The van der Waals surface area contributed by atoms with Gasteiger partial charge in [-0.2, -0.15) is 0 Å². The average Bonchev–Trinajstić information content (AvgIpc) is 2.03. The molecular weight excluding hydrogens is 138 g/mol. The second-order valence-corrected chi connectivity index (χ2v) is 3.02. The molecule has 1 aliphatic heterocycles. The number of rotatable bonds is 0. The first kappa shape index (κ1) is 8.44. The molecule has 62 valence electrons. The molecule has 0 fully saturated rings. The van der Waals surface area contributed by atoms with Gasteiger partial charge in [0.25, 0.3) is 0 Å². The van der Waals surface area contributed by atoms with E-state index in [2.05, 4.69) is 4.99 Å². The normalized spacial score (nSPS) is 21.6. The van der Waals surface area contributed by atoms with Crippen molar-refractivity contribution in [3.8, 4) is 0 Å². The molecule has 1 rings (SSSR count). The highest BCUT2D eigenvalue weighted by molar-refractivity contribution is 6.27. The van der Waals surface area contributed by atoms with Crippen LogP contribution in [0.15, 0.2) is 4.99 Å². The summed E-state index contributed by atoms with van der Waals surface area (Å²) < 4.78 is 0. The molecule has 0 aromatic rings. The fourth-order valence-corrected chi connectivity index (χ4v) is 1.26. The summed E-state index contributed by atoms with van der Waals surface area (Å²) in [4.78, 5) is 15.0. The van der Waals surface area contributed by atoms with Gasteiger partial charge in [0, 0.05) is 13.0 Å². The Labute approximate surface area is 67.7 Å². The van der Waals surface area contributed by atoms with Crippen molar-refractivity contribution < 1.29 is 4.79 Å². The fraction of sp³-hybridized carbons (Fsp3) is 0.778. The number of aliphatic imine (C=N–C) groups is 1. The number of carbonyl (C=O) groups excluding carboxylic acids is 1. The zero-order valence-electron chi connectivity index (χ0n) is 6.88. The molecule has 11 heavy (non-hydrogen) atoms. The molecule has 0 amide bonds. The van der Waals surface area contributed by atoms with Gasteiger partial charge >= 0.3 is 0 Å². The first-order chi connectivity index (χ1) is 5.39. The summed E-state index contributed by atoms with van der Waals surface area (Å²) in [6.45, 7) is 0.839. The van der Waals surface area contributed by atoms with Crippen LogP contribution in [0.5, 0.6) is 0 Å². The van der Waals surface area contributed by atoms with Gasteiger partial charge in [0.2, 0.25) is 0 Å². The second kappa shape index (κ2) is 5.05. The highest BCUT2D eigenvalue weighted by atomic mass is 16.1. The van der Waals surface area contributed by atoms with E-state index >= 15 is 0 Å². The van der Waals surface area contributed by atoms with Gasteiger partial charge in [-0.25, -0.2) is 0 Å². The van der Waals surface area contributed by atoms with Gasteiger partial charge in [-0.05, 0) is 12.8 Å². The van der Waals surface area contributed by atoms with E-state index in [1.54, 1.807) is 0 Å². The lowest BCUT2D eigenvalue weighted by atomic mass is 10.1. The Hall–Kier alpha value is -0.660. The van der Waals surface area contributed by atoms with Gasteiger partial charge in [0.05, 0.1) is 6.21 Å². The van der Waals surface area contributed by atoms with E-state index in [9.17, 15) is 4.79 Å². The van der Waals surface area contributed by atoms with Crippen molar-refractivity contribution in [1.82, 2.24) is 0 Å². The molecule has 0 bridgehead atoms. The predicted molar refractivity (Wildman–Crippen MR) is 46.1 cm³/mol. The average molecular weight is 153 g/mol. The molecule has 0 unspecified atom stereocenters. The van der Waals surface area contributed by atoms with Crippen LogP contribution in [0.3, 0.4) is 0 Å². The molecule has 1 aliphatic rings. The van der Waals surface area contributed by atoms with Crippen LogP contribution in [0, 0.1) is 0 Å². The summed E-state index contributed by atoms with van der Waals surface area (Å²) in [7, 11) is 0. The number of hydrogen-bond donors (Lipinski definition) is 0. The zero-order chi connectivity index (χ0) is 7.94. The Morgan fingerprint density at radius 3 is 2.73 bits per heavy atom. The van der Waals surface area contributed by atoms with Gasteiger partial charge < -0.3 is 0 Å². The molecule has 0 N–H and O–H groups in total. The maximum absolute atomic E-state index is 11.0. The van der Waals surface area contributed by atoms with Crippen LogP contribution in [0.2, 0.25) is 0 Å². The predicted octanol–water partition coefficient (Wildman–Crippen LogP) is 1.98. The second-order valence-electron chi connectivity index (χ2n) is 3.02. The molecule has 0 aliphatic carbocycles. The summed E-state index contributed by atoms with van der Waals surface area (Å²) in [5.74, 6) is 0.201. The molecule has 0 spiro atoms. The fourth-order valence-electron chi connectivity index (χ4n) is 1.26. The standard InChI is InChI=1S/C9H15NO/c11-9-6-4-2-1-3-5-7-10-8-9/h8H,1-7H2. The smallest absolute Gasteiger partial charge is 0.173 e. The Morgan fingerprint density at radius 1 is 1.09 bits per heavy atom. The minimum atomic E-state index is 0.201. The van der Waals surface area contributed by atoms with Crippen molar-refractivity contribution in [2.75, 3.05) is 6.54 Å². The minimum absolute atomic E-state index is 0.201. The van der Waals surface area contributed by atoms with Gasteiger partial charge in [0.1, 0.15) is 0 Å². The van der Waals surface area contributed by atoms with Crippen LogP contribution in [0.1, 0.15) is 38.5 Å². The van der Waals surface area contributed by atoms with Gasteiger partial charge in [-0.1, -0.05) is 19.3 Å². The van der Waals surface area contributed by atoms with Gasteiger partial charge in [-0.3, -0.25) is 9.79 Å². The Morgan fingerprint density at radius 2 is 1.82 bits per heavy atom. The zero-order valence-corrected chi connectivity index (χ0v) is 6.88. The highest BCUT2D eigenvalue weighted by Crippen LogP contribution is 2.06. The van der Waals surface area contributed by atoms with E-state index in [0.717, 1.165) is 19.4 Å². The first-order valence-electron chi connectivity index (χ1n) is 4.42. The number of hydrogen-bond acceptors (Lipinski definition) is 2. The van der Waals surface area contributed by atoms with Crippen molar-refractivity contribution in [3.05, 3.63) is 0 Å². The minimum Gasteiger partial charge on any atom is -0.293 e. The van der Waals surface area contributed by atoms with Crippen LogP contribution in [0.25, 0.3) is 0 Å². The quantitative estimate of drug-likeness (QED) is 0.523. The molecule has 0 aromatic carbocycles.